The van der Waals surface area contributed by atoms with E-state index in [0.717, 1.165) is 96.3 Å². The Morgan fingerprint density at radius 2 is 0.734 bits per heavy atom. The van der Waals surface area contributed by atoms with Crippen molar-refractivity contribution in [1.82, 2.24) is 0 Å². The van der Waals surface area contributed by atoms with E-state index in [2.05, 4.69) is 45.1 Å². The summed E-state index contributed by atoms with van der Waals surface area (Å²) in [5.41, 5.74) is 0. The molecule has 376 valence electrons. The van der Waals surface area contributed by atoms with E-state index < -0.39 is 57.8 Å². The summed E-state index contributed by atoms with van der Waals surface area (Å²) in [6, 6.07) is 0. The highest BCUT2D eigenvalue weighted by molar-refractivity contribution is 7.47. The highest BCUT2D eigenvalue weighted by Crippen LogP contribution is 2.43. The van der Waals surface area contributed by atoms with Crippen LogP contribution in [0.25, 0.3) is 0 Å². The average Bonchev–Trinajstić information content (AvgIpc) is 3.28. The molecule has 0 rings (SSSR count). The fourth-order valence-electron chi connectivity index (χ4n) is 7.26. The van der Waals surface area contributed by atoms with Gasteiger partial charge in [-0.1, -0.05) is 199 Å². The van der Waals surface area contributed by atoms with E-state index in [1.807, 2.05) is 0 Å². The fourth-order valence-corrected chi connectivity index (χ4v) is 8.04. The van der Waals surface area contributed by atoms with E-state index in [0.29, 0.717) is 19.3 Å². The van der Waals surface area contributed by atoms with Crippen LogP contribution < -0.4 is 0 Å². The molecule has 0 heterocycles. The number of rotatable bonds is 49. The van der Waals surface area contributed by atoms with Crippen LogP contribution >= 0.6 is 7.82 Å². The predicted octanol–water partition coefficient (Wildman–Crippen LogP) is 14.7. The molecule has 0 saturated heterocycles. The van der Waals surface area contributed by atoms with Crippen LogP contribution in [0.2, 0.25) is 0 Å². The van der Waals surface area contributed by atoms with Crippen LogP contribution in [0.1, 0.15) is 252 Å². The monoisotopic (exact) mass is 929 g/mol. The van der Waals surface area contributed by atoms with Crippen LogP contribution in [0.3, 0.4) is 0 Å². The minimum Gasteiger partial charge on any atom is -0.462 e. The van der Waals surface area contributed by atoms with Crippen LogP contribution in [0, 0.1) is 0 Å². The lowest BCUT2D eigenvalue weighted by atomic mass is 10.0. The number of phosphoric acid groups is 1. The molecule has 0 bridgehead atoms. The van der Waals surface area contributed by atoms with Gasteiger partial charge >= 0.3 is 25.7 Å². The van der Waals surface area contributed by atoms with Crippen molar-refractivity contribution in [2.24, 2.45) is 0 Å². The summed E-state index contributed by atoms with van der Waals surface area (Å²) in [6.45, 7) is 4.56. The lowest BCUT2D eigenvalue weighted by Crippen LogP contribution is -2.30. The SMILES string of the molecule is CCCC/C=C\CCCCCCCC(=O)OC(CO)COP(=O)(O)OCC(COC(=O)CCCCCCCCCCCCCCCCC)OC(=O)CCCCCCC/C=C\CCCC. The Morgan fingerprint density at radius 3 is 1.12 bits per heavy atom. The van der Waals surface area contributed by atoms with E-state index in [9.17, 15) is 28.9 Å². The largest absolute Gasteiger partial charge is 0.472 e. The Kier molecular flexibility index (Phi) is 45.9. The van der Waals surface area contributed by atoms with Crippen LogP contribution in [-0.2, 0) is 42.2 Å². The molecule has 0 aromatic carbocycles. The molecule has 0 fully saturated rings. The highest BCUT2D eigenvalue weighted by atomic mass is 31.2. The van der Waals surface area contributed by atoms with Gasteiger partial charge in [0, 0.05) is 19.3 Å². The van der Waals surface area contributed by atoms with E-state index in [1.54, 1.807) is 0 Å². The van der Waals surface area contributed by atoms with Crippen LogP contribution in [0.15, 0.2) is 24.3 Å². The molecule has 0 aromatic rings. The first-order valence-corrected chi connectivity index (χ1v) is 27.7. The van der Waals surface area contributed by atoms with Crippen molar-refractivity contribution in [3.63, 3.8) is 0 Å². The number of esters is 3. The van der Waals surface area contributed by atoms with Crippen LogP contribution in [0.4, 0.5) is 0 Å². The lowest BCUT2D eigenvalue weighted by Gasteiger charge is -2.21. The number of hydrogen-bond donors (Lipinski definition) is 2. The molecule has 2 N–H and O–H groups in total. The predicted molar refractivity (Wildman–Crippen MR) is 261 cm³/mol. The molecular weight excluding hydrogens is 832 g/mol. The molecule has 0 aliphatic heterocycles. The maximum atomic E-state index is 12.8. The van der Waals surface area contributed by atoms with E-state index in [4.69, 9.17) is 23.3 Å². The molecule has 3 atom stereocenters. The molecule has 11 nitrogen and oxygen atoms in total. The number of allylic oxidation sites excluding steroid dienone is 4. The summed E-state index contributed by atoms with van der Waals surface area (Å²) < 4.78 is 39.3. The first-order valence-electron chi connectivity index (χ1n) is 26.2. The Hall–Kier alpha value is -2.04. The van der Waals surface area contributed by atoms with Crippen molar-refractivity contribution >= 4 is 25.7 Å². The molecule has 0 amide bonds. The van der Waals surface area contributed by atoms with E-state index in [1.165, 1.54) is 96.3 Å². The van der Waals surface area contributed by atoms with Gasteiger partial charge in [-0.15, -0.1) is 0 Å². The summed E-state index contributed by atoms with van der Waals surface area (Å²) in [5.74, 6) is -1.47. The number of ether oxygens (including phenoxy) is 3. The Morgan fingerprint density at radius 1 is 0.422 bits per heavy atom. The molecule has 0 saturated carbocycles. The molecule has 12 heteroatoms. The third kappa shape index (κ3) is 45.1. The molecular formula is C52H97O11P. The maximum Gasteiger partial charge on any atom is 0.472 e. The maximum absolute atomic E-state index is 12.8. The van der Waals surface area contributed by atoms with Gasteiger partial charge in [-0.3, -0.25) is 23.4 Å². The highest BCUT2D eigenvalue weighted by Gasteiger charge is 2.28. The van der Waals surface area contributed by atoms with Crippen LogP contribution in [0.5, 0.6) is 0 Å². The van der Waals surface area contributed by atoms with E-state index >= 15 is 0 Å². The number of aliphatic hydroxyl groups excluding tert-OH is 1. The minimum atomic E-state index is -4.73. The third-order valence-electron chi connectivity index (χ3n) is 11.3. The van der Waals surface area contributed by atoms with Gasteiger partial charge in [0.1, 0.15) is 12.7 Å². The second-order valence-corrected chi connectivity index (χ2v) is 19.1. The number of carbonyl (C=O) groups is 3. The first-order chi connectivity index (χ1) is 31.2. The van der Waals surface area contributed by atoms with Gasteiger partial charge in [-0.25, -0.2) is 4.57 Å². The quantitative estimate of drug-likeness (QED) is 0.0197. The van der Waals surface area contributed by atoms with Gasteiger partial charge < -0.3 is 24.2 Å². The Balaban J connectivity index is 4.70. The number of phosphoric ester groups is 1. The second-order valence-electron chi connectivity index (χ2n) is 17.7. The molecule has 64 heavy (non-hydrogen) atoms. The summed E-state index contributed by atoms with van der Waals surface area (Å²) in [7, 11) is -4.73. The number of hydrogen-bond acceptors (Lipinski definition) is 10. The van der Waals surface area contributed by atoms with Gasteiger partial charge in [0.2, 0.25) is 0 Å². The molecule has 0 aliphatic rings. The zero-order valence-electron chi connectivity index (χ0n) is 41.3. The number of aliphatic hydroxyl groups is 1. The summed E-state index contributed by atoms with van der Waals surface area (Å²) >= 11 is 0. The Bertz CT molecular complexity index is 1180. The van der Waals surface area contributed by atoms with Crippen molar-refractivity contribution in [3.8, 4) is 0 Å². The van der Waals surface area contributed by atoms with Gasteiger partial charge in [0.05, 0.1) is 19.8 Å². The molecule has 0 aromatic heterocycles. The standard InChI is InChI=1S/C52H97O11P/c1-4-7-10-13-16-19-22-23-24-25-28-29-32-35-38-41-50(54)59-45-49(63-52(56)43-40-37-34-31-27-21-18-15-12-9-6-3)47-61-64(57,58)60-46-48(44-53)62-51(55)42-39-36-33-30-26-20-17-14-11-8-5-2/h14-15,17-18,48-49,53H,4-13,16,19-47H2,1-3H3,(H,57,58)/b17-14-,18-15-. The number of carbonyl (C=O) groups excluding carboxylic acids is 3. The number of unbranched alkanes of at least 4 members (excludes halogenated alkanes) is 28. The summed E-state index contributed by atoms with van der Waals surface area (Å²) in [4.78, 5) is 48.2. The second kappa shape index (κ2) is 47.5. The van der Waals surface area contributed by atoms with Crippen molar-refractivity contribution in [2.45, 2.75) is 264 Å². The molecule has 0 radical (unpaired) electrons. The van der Waals surface area contributed by atoms with Gasteiger partial charge in [-0.2, -0.15) is 0 Å². The minimum absolute atomic E-state index is 0.161. The van der Waals surface area contributed by atoms with Crippen LogP contribution in [-0.4, -0.2) is 66.5 Å². The topological polar surface area (TPSA) is 155 Å². The smallest absolute Gasteiger partial charge is 0.462 e. The van der Waals surface area contributed by atoms with Gasteiger partial charge in [0.25, 0.3) is 0 Å². The first kappa shape index (κ1) is 62.0. The summed E-state index contributed by atoms with van der Waals surface area (Å²) in [6.07, 6.45) is 44.4. The molecule has 0 spiro atoms. The lowest BCUT2D eigenvalue weighted by molar-refractivity contribution is -0.161. The zero-order chi connectivity index (χ0) is 47.0. The zero-order valence-corrected chi connectivity index (χ0v) is 42.2. The average molecular weight is 929 g/mol. The molecule has 3 unspecified atom stereocenters. The van der Waals surface area contributed by atoms with Crippen molar-refractivity contribution in [3.05, 3.63) is 24.3 Å². The Labute approximate surface area is 391 Å². The van der Waals surface area contributed by atoms with Crippen molar-refractivity contribution in [2.75, 3.05) is 26.4 Å². The summed E-state index contributed by atoms with van der Waals surface area (Å²) in [5, 5.41) is 9.75. The van der Waals surface area contributed by atoms with E-state index in [-0.39, 0.29) is 25.9 Å². The molecule has 0 aliphatic carbocycles. The normalized spacial score (nSPS) is 13.6. The third-order valence-corrected chi connectivity index (χ3v) is 12.3. The van der Waals surface area contributed by atoms with Crippen molar-refractivity contribution in [1.29, 1.82) is 0 Å². The fraction of sp³-hybridized carbons (Fsp3) is 0.865. The van der Waals surface area contributed by atoms with Gasteiger partial charge in [0.15, 0.2) is 6.10 Å². The van der Waals surface area contributed by atoms with Gasteiger partial charge in [-0.05, 0) is 57.8 Å². The van der Waals surface area contributed by atoms with Crippen molar-refractivity contribution < 1.29 is 52.2 Å².